The second-order valence-corrected chi connectivity index (χ2v) is 8.08. The highest BCUT2D eigenvalue weighted by Gasteiger charge is 2.32. The zero-order valence-electron chi connectivity index (χ0n) is 18.2. The molecule has 1 aliphatic heterocycles. The lowest BCUT2D eigenvalue weighted by Crippen LogP contribution is -2.25. The van der Waals surface area contributed by atoms with E-state index in [1.54, 1.807) is 14.2 Å². The Bertz CT molecular complexity index is 1600. The fraction of sp³-hybridized carbons (Fsp3) is 0.107. The molecule has 1 aromatic heterocycles. The first kappa shape index (κ1) is 19.4. The van der Waals surface area contributed by atoms with E-state index in [9.17, 15) is 4.79 Å². The maximum atomic E-state index is 13.4. The van der Waals surface area contributed by atoms with Gasteiger partial charge in [0.2, 0.25) is 0 Å². The molecule has 1 atom stereocenters. The summed E-state index contributed by atoms with van der Waals surface area (Å²) < 4.78 is 16.7. The summed E-state index contributed by atoms with van der Waals surface area (Å²) in [6, 6.07) is 25.4. The van der Waals surface area contributed by atoms with Crippen molar-refractivity contribution in [2.75, 3.05) is 19.5 Å². The molecular weight excluding hydrogens is 414 g/mol. The molecule has 0 saturated heterocycles. The van der Waals surface area contributed by atoms with Crippen molar-refractivity contribution in [3.05, 3.63) is 100 Å². The third-order valence-corrected chi connectivity index (χ3v) is 6.36. The number of para-hydroxylation sites is 1. The summed E-state index contributed by atoms with van der Waals surface area (Å²) in [5, 5.41) is 6.72. The zero-order chi connectivity index (χ0) is 22.5. The smallest absolute Gasteiger partial charge is 0.342 e. The molecule has 33 heavy (non-hydrogen) atoms. The van der Waals surface area contributed by atoms with Crippen molar-refractivity contribution in [2.45, 2.75) is 6.04 Å². The Morgan fingerprint density at radius 1 is 0.788 bits per heavy atom. The highest BCUT2D eigenvalue weighted by Crippen LogP contribution is 2.48. The molecule has 0 radical (unpaired) electrons. The molecule has 2 heterocycles. The van der Waals surface area contributed by atoms with Crippen molar-refractivity contribution in [3.63, 3.8) is 0 Å². The zero-order valence-corrected chi connectivity index (χ0v) is 18.2. The van der Waals surface area contributed by atoms with E-state index in [-0.39, 0.29) is 5.63 Å². The lowest BCUT2D eigenvalue weighted by Gasteiger charge is -2.31. The van der Waals surface area contributed by atoms with E-state index in [2.05, 4.69) is 29.6 Å². The van der Waals surface area contributed by atoms with Crippen LogP contribution in [0.15, 0.2) is 88.1 Å². The van der Waals surface area contributed by atoms with Crippen LogP contribution in [-0.2, 0) is 0 Å². The van der Waals surface area contributed by atoms with Gasteiger partial charge in [0.05, 0.1) is 25.8 Å². The van der Waals surface area contributed by atoms with Gasteiger partial charge in [0, 0.05) is 22.2 Å². The summed E-state index contributed by atoms with van der Waals surface area (Å²) in [5.74, 6) is 1.24. The van der Waals surface area contributed by atoms with Gasteiger partial charge in [0.1, 0.15) is 5.58 Å². The van der Waals surface area contributed by atoms with Gasteiger partial charge in [-0.3, -0.25) is 0 Å². The highest BCUT2D eigenvalue weighted by atomic mass is 16.5. The standard InChI is InChI=1S/C28H21NO4/c1-31-22-14-12-17(15-23(22)32-2)27-26-25(19-9-5-6-10-21(19)33-28(26)30)24-18-8-4-3-7-16(18)11-13-20(24)29-27/h3-15,27,29H,1-2H3. The van der Waals surface area contributed by atoms with E-state index in [1.807, 2.05) is 54.6 Å². The Balaban J connectivity index is 1.71. The van der Waals surface area contributed by atoms with Crippen molar-refractivity contribution in [2.24, 2.45) is 0 Å². The van der Waals surface area contributed by atoms with Gasteiger partial charge in [-0.2, -0.15) is 0 Å². The molecule has 162 valence electrons. The van der Waals surface area contributed by atoms with Crippen LogP contribution in [0.4, 0.5) is 5.69 Å². The van der Waals surface area contributed by atoms with Gasteiger partial charge in [-0.15, -0.1) is 0 Å². The summed E-state index contributed by atoms with van der Waals surface area (Å²) >= 11 is 0. The summed E-state index contributed by atoms with van der Waals surface area (Å²) in [6.07, 6.45) is 0. The van der Waals surface area contributed by atoms with E-state index in [4.69, 9.17) is 13.9 Å². The van der Waals surface area contributed by atoms with E-state index < -0.39 is 6.04 Å². The van der Waals surface area contributed by atoms with Crippen LogP contribution in [-0.4, -0.2) is 14.2 Å². The first-order valence-electron chi connectivity index (χ1n) is 10.8. The quantitative estimate of drug-likeness (QED) is 0.345. The van der Waals surface area contributed by atoms with Gasteiger partial charge in [0.15, 0.2) is 11.5 Å². The molecule has 4 aromatic carbocycles. The lowest BCUT2D eigenvalue weighted by atomic mass is 9.83. The second kappa shape index (κ2) is 7.41. The minimum atomic E-state index is -0.408. The number of benzene rings is 4. The molecule has 6 rings (SSSR count). The monoisotopic (exact) mass is 435 g/mol. The van der Waals surface area contributed by atoms with Gasteiger partial charge in [-0.1, -0.05) is 54.6 Å². The Labute approximate surface area is 190 Å². The fourth-order valence-electron chi connectivity index (χ4n) is 4.87. The Hall–Kier alpha value is -4.25. The van der Waals surface area contributed by atoms with Crippen LogP contribution < -0.4 is 20.4 Å². The van der Waals surface area contributed by atoms with Crippen LogP contribution in [0, 0.1) is 0 Å². The van der Waals surface area contributed by atoms with Crippen molar-refractivity contribution >= 4 is 27.4 Å². The van der Waals surface area contributed by atoms with E-state index in [1.165, 1.54) is 0 Å². The number of rotatable bonds is 3. The van der Waals surface area contributed by atoms with Crippen molar-refractivity contribution in [1.82, 2.24) is 0 Å². The SMILES string of the molecule is COc1ccc(C2Nc3ccc4ccccc4c3-c3c2c(=O)oc2ccccc32)cc1OC. The van der Waals surface area contributed by atoms with Crippen LogP contribution in [0.1, 0.15) is 17.2 Å². The fourth-order valence-corrected chi connectivity index (χ4v) is 4.87. The van der Waals surface area contributed by atoms with Crippen molar-refractivity contribution < 1.29 is 13.9 Å². The Morgan fingerprint density at radius 2 is 1.55 bits per heavy atom. The number of methoxy groups -OCH3 is 2. The summed E-state index contributed by atoms with van der Waals surface area (Å²) in [6.45, 7) is 0. The number of anilines is 1. The topological polar surface area (TPSA) is 60.7 Å². The highest BCUT2D eigenvalue weighted by molar-refractivity contribution is 6.11. The average Bonchev–Trinajstić information content (AvgIpc) is 2.87. The number of fused-ring (bicyclic) bond motifs is 7. The van der Waals surface area contributed by atoms with Gasteiger partial charge in [-0.05, 0) is 40.6 Å². The van der Waals surface area contributed by atoms with Gasteiger partial charge < -0.3 is 19.2 Å². The van der Waals surface area contributed by atoms with Gasteiger partial charge >= 0.3 is 5.63 Å². The van der Waals surface area contributed by atoms with Crippen LogP contribution in [0.2, 0.25) is 0 Å². The molecule has 0 bridgehead atoms. The minimum absolute atomic E-state index is 0.352. The number of ether oxygens (including phenoxy) is 2. The molecule has 5 aromatic rings. The third kappa shape index (κ3) is 2.89. The van der Waals surface area contributed by atoms with Crippen LogP contribution in [0.5, 0.6) is 11.5 Å². The predicted octanol–water partition coefficient (Wildman–Crippen LogP) is 6.15. The normalized spacial score (nSPS) is 14.4. The third-order valence-electron chi connectivity index (χ3n) is 6.36. The van der Waals surface area contributed by atoms with Gasteiger partial charge in [0.25, 0.3) is 0 Å². The molecule has 0 aliphatic carbocycles. The molecular formula is C28H21NO4. The molecule has 1 unspecified atom stereocenters. The second-order valence-electron chi connectivity index (χ2n) is 8.08. The summed E-state index contributed by atoms with van der Waals surface area (Å²) in [4.78, 5) is 13.4. The van der Waals surface area contributed by atoms with E-state index in [0.717, 1.165) is 38.5 Å². The predicted molar refractivity (Wildman–Crippen MR) is 130 cm³/mol. The summed E-state index contributed by atoms with van der Waals surface area (Å²) in [7, 11) is 3.21. The molecule has 1 N–H and O–H groups in total. The largest absolute Gasteiger partial charge is 0.493 e. The van der Waals surface area contributed by atoms with Gasteiger partial charge in [-0.25, -0.2) is 4.79 Å². The molecule has 0 fully saturated rings. The Morgan fingerprint density at radius 3 is 2.36 bits per heavy atom. The molecule has 0 amide bonds. The number of nitrogens with one attached hydrogen (secondary N) is 1. The van der Waals surface area contributed by atoms with E-state index >= 15 is 0 Å². The maximum Gasteiger partial charge on any atom is 0.342 e. The average molecular weight is 435 g/mol. The van der Waals surface area contributed by atoms with Crippen LogP contribution in [0.3, 0.4) is 0 Å². The first-order chi connectivity index (χ1) is 16.2. The number of hydrogen-bond acceptors (Lipinski definition) is 5. The molecule has 5 heteroatoms. The minimum Gasteiger partial charge on any atom is -0.493 e. The van der Waals surface area contributed by atoms with Crippen molar-refractivity contribution in [1.29, 1.82) is 0 Å². The van der Waals surface area contributed by atoms with E-state index in [0.29, 0.717) is 22.6 Å². The van der Waals surface area contributed by atoms with Crippen LogP contribution in [0.25, 0.3) is 32.9 Å². The molecule has 1 aliphatic rings. The lowest BCUT2D eigenvalue weighted by molar-refractivity contribution is 0.354. The van der Waals surface area contributed by atoms with Crippen LogP contribution >= 0.6 is 0 Å². The maximum absolute atomic E-state index is 13.4. The first-order valence-corrected chi connectivity index (χ1v) is 10.8. The van der Waals surface area contributed by atoms with Crippen molar-refractivity contribution in [3.8, 4) is 22.6 Å². The summed E-state index contributed by atoms with van der Waals surface area (Å²) in [5.41, 5.74) is 4.59. The Kier molecular flexibility index (Phi) is 4.37. The molecule has 0 saturated carbocycles. The molecule has 5 nitrogen and oxygen atoms in total. The number of hydrogen-bond donors (Lipinski definition) is 1. The molecule has 0 spiro atoms.